The fourth-order valence-electron chi connectivity index (χ4n) is 4.74. The van der Waals surface area contributed by atoms with Crippen LogP contribution in [-0.2, 0) is 16.1 Å². The fourth-order valence-corrected chi connectivity index (χ4v) is 4.74. The Morgan fingerprint density at radius 1 is 1.00 bits per heavy atom. The maximum atomic E-state index is 12.4. The van der Waals surface area contributed by atoms with Crippen LogP contribution in [0.15, 0.2) is 42.2 Å². The largest absolute Gasteiger partial charge is 0.495 e. The quantitative estimate of drug-likeness (QED) is 0.668. The molecule has 0 unspecified atom stereocenters. The van der Waals surface area contributed by atoms with Gasteiger partial charge < -0.3 is 24.6 Å². The van der Waals surface area contributed by atoms with Crippen molar-refractivity contribution in [2.45, 2.75) is 25.9 Å². The summed E-state index contributed by atoms with van der Waals surface area (Å²) in [4.78, 5) is 19.3. The third-order valence-electron chi connectivity index (χ3n) is 6.71. The smallest absolute Gasteiger partial charge is 0.410 e. The predicted octanol–water partition coefficient (Wildman–Crippen LogP) is 2.55. The highest BCUT2D eigenvalue weighted by Crippen LogP contribution is 2.19. The minimum Gasteiger partial charge on any atom is -0.495 e. The van der Waals surface area contributed by atoms with Crippen LogP contribution in [0.1, 0.15) is 24.8 Å². The van der Waals surface area contributed by atoms with Crippen molar-refractivity contribution >= 4 is 6.09 Å². The highest BCUT2D eigenvalue weighted by molar-refractivity contribution is 5.68. The molecule has 0 atom stereocenters. The molecule has 2 saturated heterocycles. The van der Waals surface area contributed by atoms with Crippen molar-refractivity contribution in [3.8, 4) is 0 Å². The lowest BCUT2D eigenvalue weighted by atomic mass is 9.96. The molecule has 1 N–H and O–H groups in total. The summed E-state index contributed by atoms with van der Waals surface area (Å²) in [6, 6.07) is 9.79. The van der Waals surface area contributed by atoms with Gasteiger partial charge in [0.05, 0.1) is 6.54 Å². The van der Waals surface area contributed by atoms with Gasteiger partial charge >= 0.3 is 6.09 Å². The van der Waals surface area contributed by atoms with Crippen molar-refractivity contribution in [1.82, 2.24) is 20.0 Å². The first-order valence-corrected chi connectivity index (χ1v) is 12.2. The number of amides is 1. The molecule has 3 aliphatic rings. The second-order valence-corrected chi connectivity index (χ2v) is 9.10. The van der Waals surface area contributed by atoms with E-state index in [-0.39, 0.29) is 6.09 Å². The Morgan fingerprint density at radius 2 is 1.78 bits per heavy atom. The summed E-state index contributed by atoms with van der Waals surface area (Å²) in [6.07, 6.45) is 5.23. The maximum Gasteiger partial charge on any atom is 0.410 e. The molecule has 1 amide bonds. The molecule has 1 aromatic rings. The van der Waals surface area contributed by atoms with Gasteiger partial charge in [0.1, 0.15) is 19.0 Å². The average Bonchev–Trinajstić information content (AvgIpc) is 2.85. The number of nitrogens with one attached hydrogen (secondary N) is 1. The molecule has 176 valence electrons. The van der Waals surface area contributed by atoms with Gasteiger partial charge in [0.15, 0.2) is 0 Å². The number of hydrogen-bond donors (Lipinski definition) is 1. The summed E-state index contributed by atoms with van der Waals surface area (Å²) in [5.41, 5.74) is 1.00. The molecule has 3 heterocycles. The third-order valence-corrected chi connectivity index (χ3v) is 6.71. The highest BCUT2D eigenvalue weighted by atomic mass is 16.6. The maximum absolute atomic E-state index is 12.4. The summed E-state index contributed by atoms with van der Waals surface area (Å²) >= 11 is 0. The van der Waals surface area contributed by atoms with Crippen LogP contribution in [0.4, 0.5) is 4.79 Å². The number of nitrogens with zero attached hydrogens (tertiary/aromatic N) is 3. The number of benzene rings is 1. The van der Waals surface area contributed by atoms with Crippen LogP contribution >= 0.6 is 0 Å². The number of carbonyl (C=O) groups is 1. The van der Waals surface area contributed by atoms with Crippen LogP contribution in [0.5, 0.6) is 0 Å². The van der Waals surface area contributed by atoms with E-state index in [1.54, 1.807) is 4.90 Å². The van der Waals surface area contributed by atoms with Gasteiger partial charge in [-0.1, -0.05) is 30.3 Å². The minimum absolute atomic E-state index is 0.269. The lowest BCUT2D eigenvalue weighted by Crippen LogP contribution is -2.47. The SMILES string of the molecule is O=C(OCc1ccccc1)N1CCC=C(OCCN2CCC(CN3CCNCC3)CC2)C1. The summed E-state index contributed by atoms with van der Waals surface area (Å²) in [5.74, 6) is 1.73. The van der Waals surface area contributed by atoms with Crippen LogP contribution in [0, 0.1) is 5.92 Å². The van der Waals surface area contributed by atoms with Crippen LogP contribution in [0.2, 0.25) is 0 Å². The Hall–Kier alpha value is -2.09. The topological polar surface area (TPSA) is 57.3 Å². The third kappa shape index (κ3) is 7.22. The Kier molecular flexibility index (Phi) is 8.82. The zero-order chi connectivity index (χ0) is 22.0. The van der Waals surface area contributed by atoms with Gasteiger partial charge in [-0.25, -0.2) is 4.79 Å². The first-order chi connectivity index (χ1) is 15.8. The zero-order valence-corrected chi connectivity index (χ0v) is 19.2. The van der Waals surface area contributed by atoms with Crippen LogP contribution in [-0.4, -0.2) is 92.8 Å². The molecule has 1 aromatic carbocycles. The number of piperidine rings is 1. The molecular formula is C25H38N4O3. The molecule has 0 aromatic heterocycles. The van der Waals surface area contributed by atoms with Crippen molar-refractivity contribution in [2.24, 2.45) is 5.92 Å². The summed E-state index contributed by atoms with van der Waals surface area (Å²) in [6.45, 7) is 11.4. The van der Waals surface area contributed by atoms with Crippen molar-refractivity contribution in [3.05, 3.63) is 47.7 Å². The molecule has 4 rings (SSSR count). The van der Waals surface area contributed by atoms with E-state index in [9.17, 15) is 4.79 Å². The molecule has 3 aliphatic heterocycles. The highest BCUT2D eigenvalue weighted by Gasteiger charge is 2.23. The number of piperazine rings is 1. The molecule has 0 saturated carbocycles. The van der Waals surface area contributed by atoms with Crippen molar-refractivity contribution in [2.75, 3.05) is 72.1 Å². The molecule has 0 bridgehead atoms. The molecule has 0 spiro atoms. The second kappa shape index (κ2) is 12.2. The summed E-state index contributed by atoms with van der Waals surface area (Å²) in [5, 5.41) is 3.43. The predicted molar refractivity (Wildman–Crippen MR) is 125 cm³/mol. The van der Waals surface area contributed by atoms with Crippen molar-refractivity contribution < 1.29 is 14.3 Å². The molecular weight excluding hydrogens is 404 g/mol. The van der Waals surface area contributed by atoms with Crippen molar-refractivity contribution in [1.29, 1.82) is 0 Å². The summed E-state index contributed by atoms with van der Waals surface area (Å²) in [7, 11) is 0. The standard InChI is InChI=1S/C25H38N4O3/c30-25(32-21-23-5-2-1-3-6-23)29-12-4-7-24(20-29)31-18-17-27-13-8-22(9-14-27)19-28-15-10-26-11-16-28/h1-3,5-7,22,26H,4,8-21H2. The molecule has 0 radical (unpaired) electrons. The molecule has 32 heavy (non-hydrogen) atoms. The lowest BCUT2D eigenvalue weighted by molar-refractivity contribution is 0.0784. The van der Waals surface area contributed by atoms with E-state index >= 15 is 0 Å². The second-order valence-electron chi connectivity index (χ2n) is 9.10. The molecule has 7 heteroatoms. The average molecular weight is 443 g/mol. The summed E-state index contributed by atoms with van der Waals surface area (Å²) < 4.78 is 11.5. The van der Waals surface area contributed by atoms with Gasteiger partial charge in [0, 0.05) is 45.8 Å². The van der Waals surface area contributed by atoms with Crippen LogP contribution in [0.3, 0.4) is 0 Å². The molecule has 0 aliphatic carbocycles. The number of carbonyl (C=O) groups excluding carboxylic acids is 1. The van der Waals surface area contributed by atoms with Crippen LogP contribution < -0.4 is 5.32 Å². The molecule has 2 fully saturated rings. The van der Waals surface area contributed by atoms with Gasteiger partial charge in [0.25, 0.3) is 0 Å². The van der Waals surface area contributed by atoms with E-state index < -0.39 is 0 Å². The van der Waals surface area contributed by atoms with Gasteiger partial charge in [0.2, 0.25) is 0 Å². The minimum atomic E-state index is -0.269. The van der Waals surface area contributed by atoms with Crippen LogP contribution in [0.25, 0.3) is 0 Å². The zero-order valence-electron chi connectivity index (χ0n) is 19.2. The van der Waals surface area contributed by atoms with E-state index in [4.69, 9.17) is 9.47 Å². The van der Waals surface area contributed by atoms with E-state index in [1.165, 1.54) is 32.5 Å². The Balaban J connectivity index is 1.10. The van der Waals surface area contributed by atoms with Crippen molar-refractivity contribution in [3.63, 3.8) is 0 Å². The fraction of sp³-hybridized carbons (Fsp3) is 0.640. The molecule has 7 nitrogen and oxygen atoms in total. The Labute approximate surface area is 192 Å². The number of likely N-dealkylation sites (tertiary alicyclic amines) is 1. The van der Waals surface area contributed by atoms with Gasteiger partial charge in [-0.3, -0.25) is 4.90 Å². The number of hydrogen-bond acceptors (Lipinski definition) is 6. The monoisotopic (exact) mass is 442 g/mol. The van der Waals surface area contributed by atoms with Gasteiger partial charge in [-0.05, 0) is 49.9 Å². The van der Waals surface area contributed by atoms with E-state index in [1.807, 2.05) is 30.3 Å². The van der Waals surface area contributed by atoms with E-state index in [0.29, 0.717) is 26.3 Å². The van der Waals surface area contributed by atoms with E-state index in [0.717, 1.165) is 56.4 Å². The normalized spacial score (nSPS) is 21.2. The van der Waals surface area contributed by atoms with E-state index in [2.05, 4.69) is 21.2 Å². The van der Waals surface area contributed by atoms with Gasteiger partial charge in [-0.2, -0.15) is 0 Å². The lowest BCUT2D eigenvalue weighted by Gasteiger charge is -2.36. The Bertz CT molecular complexity index is 728. The number of rotatable bonds is 8. The first-order valence-electron chi connectivity index (χ1n) is 12.2. The Morgan fingerprint density at radius 3 is 2.56 bits per heavy atom. The first kappa shape index (κ1) is 23.1. The number of ether oxygens (including phenoxy) is 2. The van der Waals surface area contributed by atoms with Gasteiger partial charge in [-0.15, -0.1) is 0 Å².